The second kappa shape index (κ2) is 5.22. The molecule has 0 spiro atoms. The molecule has 0 saturated carbocycles. The largest absolute Gasteiger partial charge is 0.383 e. The summed E-state index contributed by atoms with van der Waals surface area (Å²) in [5, 5.41) is 2.65. The third kappa shape index (κ3) is 2.42. The van der Waals surface area contributed by atoms with Gasteiger partial charge in [0.1, 0.15) is 11.5 Å². The zero-order chi connectivity index (χ0) is 13.0. The van der Waals surface area contributed by atoms with Crippen LogP contribution in [0.2, 0.25) is 0 Å². The number of anilines is 1. The zero-order valence-corrected chi connectivity index (χ0v) is 9.92. The molecule has 3 N–H and O–H groups in total. The molecule has 6 nitrogen and oxygen atoms in total. The van der Waals surface area contributed by atoms with Gasteiger partial charge in [0, 0.05) is 18.9 Å². The van der Waals surface area contributed by atoms with Crippen LogP contribution in [0, 0.1) is 0 Å². The molecule has 0 aliphatic rings. The van der Waals surface area contributed by atoms with Crippen LogP contribution in [0.3, 0.4) is 0 Å². The fourth-order valence-electron chi connectivity index (χ4n) is 1.44. The van der Waals surface area contributed by atoms with E-state index in [1.807, 2.05) is 13.0 Å². The van der Waals surface area contributed by atoms with Crippen LogP contribution in [0.15, 0.2) is 30.6 Å². The molecule has 6 heteroatoms. The first-order chi connectivity index (χ1) is 8.72. The van der Waals surface area contributed by atoms with Gasteiger partial charge in [-0.15, -0.1) is 0 Å². The lowest BCUT2D eigenvalue weighted by Gasteiger charge is -2.06. The smallest absolute Gasteiger partial charge is 0.256 e. The van der Waals surface area contributed by atoms with Gasteiger partial charge in [-0.05, 0) is 19.1 Å². The second-order valence-electron chi connectivity index (χ2n) is 3.57. The number of carbonyl (C=O) groups is 1. The molecule has 0 fully saturated rings. The maximum absolute atomic E-state index is 11.6. The number of carbonyl (C=O) groups excluding carboxylic acids is 1. The Bertz CT molecular complexity index is 556. The third-order valence-corrected chi connectivity index (χ3v) is 2.29. The van der Waals surface area contributed by atoms with Crippen molar-refractivity contribution in [2.24, 2.45) is 0 Å². The molecule has 2 aromatic rings. The summed E-state index contributed by atoms with van der Waals surface area (Å²) in [7, 11) is 0. The predicted molar refractivity (Wildman–Crippen MR) is 67.7 cm³/mol. The number of nitrogens with two attached hydrogens (primary N) is 1. The lowest BCUT2D eigenvalue weighted by Crippen LogP contribution is -2.24. The normalized spacial score (nSPS) is 10.1. The van der Waals surface area contributed by atoms with Gasteiger partial charge in [-0.3, -0.25) is 9.78 Å². The van der Waals surface area contributed by atoms with Gasteiger partial charge in [-0.2, -0.15) is 0 Å². The Morgan fingerprint density at radius 3 is 2.83 bits per heavy atom. The molecule has 92 valence electrons. The van der Waals surface area contributed by atoms with E-state index < -0.39 is 0 Å². The average Bonchev–Trinajstić information content (AvgIpc) is 2.40. The Balaban J connectivity index is 2.34. The van der Waals surface area contributed by atoms with Gasteiger partial charge in [0.15, 0.2) is 5.82 Å². The molecule has 2 heterocycles. The molecule has 0 aromatic carbocycles. The second-order valence-corrected chi connectivity index (χ2v) is 3.57. The van der Waals surface area contributed by atoms with E-state index >= 15 is 0 Å². The molecule has 2 aromatic heterocycles. The first-order valence-electron chi connectivity index (χ1n) is 5.54. The number of amides is 1. The first-order valence-corrected chi connectivity index (χ1v) is 5.54. The summed E-state index contributed by atoms with van der Waals surface area (Å²) < 4.78 is 0. The number of hydrogen-bond donors (Lipinski definition) is 2. The Hall–Kier alpha value is -2.50. The average molecular weight is 243 g/mol. The van der Waals surface area contributed by atoms with Crippen LogP contribution >= 0.6 is 0 Å². The number of nitrogens with one attached hydrogen (secondary N) is 1. The monoisotopic (exact) mass is 243 g/mol. The van der Waals surface area contributed by atoms with Gasteiger partial charge in [-0.25, -0.2) is 9.97 Å². The summed E-state index contributed by atoms with van der Waals surface area (Å²) in [6.07, 6.45) is 3.06. The van der Waals surface area contributed by atoms with E-state index in [2.05, 4.69) is 20.3 Å². The van der Waals surface area contributed by atoms with Crippen molar-refractivity contribution in [2.75, 3.05) is 12.3 Å². The highest BCUT2D eigenvalue weighted by Crippen LogP contribution is 2.14. The Kier molecular flexibility index (Phi) is 3.47. The van der Waals surface area contributed by atoms with Crippen molar-refractivity contribution in [2.45, 2.75) is 6.92 Å². The van der Waals surface area contributed by atoms with Crippen molar-refractivity contribution < 1.29 is 4.79 Å². The van der Waals surface area contributed by atoms with Gasteiger partial charge in [0.05, 0.1) is 5.56 Å². The molecule has 0 radical (unpaired) electrons. The lowest BCUT2D eigenvalue weighted by atomic mass is 10.2. The van der Waals surface area contributed by atoms with E-state index in [1.54, 1.807) is 18.3 Å². The summed E-state index contributed by atoms with van der Waals surface area (Å²) in [4.78, 5) is 23.9. The van der Waals surface area contributed by atoms with Crippen LogP contribution in [0.1, 0.15) is 17.3 Å². The van der Waals surface area contributed by atoms with E-state index in [-0.39, 0.29) is 17.3 Å². The van der Waals surface area contributed by atoms with E-state index in [0.717, 1.165) is 0 Å². The molecule has 0 aliphatic heterocycles. The van der Waals surface area contributed by atoms with E-state index in [0.29, 0.717) is 18.1 Å². The van der Waals surface area contributed by atoms with Gasteiger partial charge < -0.3 is 11.1 Å². The SMILES string of the molecule is CCNC(=O)c1cnc(-c2ccccn2)nc1N. The summed E-state index contributed by atoms with van der Waals surface area (Å²) in [6, 6.07) is 5.41. The minimum absolute atomic E-state index is 0.150. The minimum atomic E-state index is -0.275. The number of rotatable bonds is 3. The van der Waals surface area contributed by atoms with Crippen LogP contribution in [-0.4, -0.2) is 27.4 Å². The lowest BCUT2D eigenvalue weighted by molar-refractivity contribution is 0.0956. The predicted octanol–water partition coefficient (Wildman–Crippen LogP) is 0.871. The molecule has 0 saturated heterocycles. The number of aromatic nitrogens is 3. The number of hydrogen-bond acceptors (Lipinski definition) is 5. The number of nitrogen functional groups attached to an aromatic ring is 1. The van der Waals surface area contributed by atoms with Crippen LogP contribution in [0.4, 0.5) is 5.82 Å². The molecule has 18 heavy (non-hydrogen) atoms. The third-order valence-electron chi connectivity index (χ3n) is 2.29. The van der Waals surface area contributed by atoms with Crippen LogP contribution < -0.4 is 11.1 Å². The quantitative estimate of drug-likeness (QED) is 0.834. The summed E-state index contributed by atoms with van der Waals surface area (Å²) in [5.41, 5.74) is 6.64. The van der Waals surface area contributed by atoms with Crippen molar-refractivity contribution in [3.8, 4) is 11.5 Å². The van der Waals surface area contributed by atoms with Crippen molar-refractivity contribution in [3.63, 3.8) is 0 Å². The fraction of sp³-hybridized carbons (Fsp3) is 0.167. The minimum Gasteiger partial charge on any atom is -0.383 e. The molecular formula is C12H13N5O. The van der Waals surface area contributed by atoms with E-state index in [4.69, 9.17) is 5.73 Å². The van der Waals surface area contributed by atoms with E-state index in [9.17, 15) is 4.79 Å². The molecule has 0 aliphatic carbocycles. The van der Waals surface area contributed by atoms with Gasteiger partial charge >= 0.3 is 0 Å². The van der Waals surface area contributed by atoms with Crippen molar-refractivity contribution >= 4 is 11.7 Å². The number of nitrogens with zero attached hydrogens (tertiary/aromatic N) is 3. The summed E-state index contributed by atoms with van der Waals surface area (Å²) >= 11 is 0. The van der Waals surface area contributed by atoms with Crippen molar-refractivity contribution in [1.29, 1.82) is 0 Å². The van der Waals surface area contributed by atoms with Gasteiger partial charge in [0.25, 0.3) is 5.91 Å². The van der Waals surface area contributed by atoms with E-state index in [1.165, 1.54) is 6.20 Å². The fourth-order valence-corrected chi connectivity index (χ4v) is 1.44. The van der Waals surface area contributed by atoms with Gasteiger partial charge in [-0.1, -0.05) is 6.07 Å². The highest BCUT2D eigenvalue weighted by molar-refractivity contribution is 5.98. The summed E-state index contributed by atoms with van der Waals surface area (Å²) in [5.74, 6) is 0.278. The molecule has 0 unspecified atom stereocenters. The van der Waals surface area contributed by atoms with Crippen molar-refractivity contribution in [1.82, 2.24) is 20.3 Å². The molecule has 2 rings (SSSR count). The molecule has 1 amide bonds. The Morgan fingerprint density at radius 2 is 2.22 bits per heavy atom. The van der Waals surface area contributed by atoms with Crippen molar-refractivity contribution in [3.05, 3.63) is 36.2 Å². The first kappa shape index (κ1) is 12.0. The highest BCUT2D eigenvalue weighted by Gasteiger charge is 2.12. The topological polar surface area (TPSA) is 93.8 Å². The molecular weight excluding hydrogens is 230 g/mol. The maximum Gasteiger partial charge on any atom is 0.256 e. The molecule has 0 bridgehead atoms. The van der Waals surface area contributed by atoms with Crippen LogP contribution in [0.5, 0.6) is 0 Å². The number of pyridine rings is 1. The maximum atomic E-state index is 11.6. The van der Waals surface area contributed by atoms with Crippen LogP contribution in [-0.2, 0) is 0 Å². The molecule has 0 atom stereocenters. The Morgan fingerprint density at radius 1 is 1.39 bits per heavy atom. The summed E-state index contributed by atoms with van der Waals surface area (Å²) in [6.45, 7) is 2.36. The van der Waals surface area contributed by atoms with Crippen LogP contribution in [0.25, 0.3) is 11.5 Å². The zero-order valence-electron chi connectivity index (χ0n) is 9.92. The van der Waals surface area contributed by atoms with Gasteiger partial charge in [0.2, 0.25) is 0 Å². The highest BCUT2D eigenvalue weighted by atomic mass is 16.1. The standard InChI is InChI=1S/C12H13N5O/c1-2-14-12(18)8-7-16-11(17-10(8)13)9-5-3-4-6-15-9/h3-7H,2H2,1H3,(H,14,18)(H2,13,16,17). The Labute approximate surface area is 104 Å².